The third kappa shape index (κ3) is 4.53. The lowest BCUT2D eigenvalue weighted by Crippen LogP contribution is -2.37. The Kier molecular flexibility index (Phi) is 5.06. The third-order valence-corrected chi connectivity index (χ3v) is 3.45. The lowest BCUT2D eigenvalue weighted by atomic mass is 9.98. The van der Waals surface area contributed by atoms with Crippen LogP contribution in [-0.2, 0) is 11.1 Å². The van der Waals surface area contributed by atoms with E-state index in [4.69, 9.17) is 0 Å². The molecule has 0 saturated carbocycles. The smallest absolute Gasteiger partial charge is 0.0131 e. The first-order valence-electron chi connectivity index (χ1n) is 5.36. The summed E-state index contributed by atoms with van der Waals surface area (Å²) < 4.78 is 21.0. The summed E-state index contributed by atoms with van der Waals surface area (Å²) in [6.07, 6.45) is 2.08. The summed E-state index contributed by atoms with van der Waals surface area (Å²) in [6.45, 7) is 7.73. The molecule has 1 saturated heterocycles. The number of likely N-dealkylation sites (tertiary alicyclic amines) is 1. The van der Waals surface area contributed by atoms with Crippen LogP contribution in [0.3, 0.4) is 0 Å². The maximum absolute atomic E-state index is 10.5. The van der Waals surface area contributed by atoms with E-state index in [9.17, 15) is 8.76 Å². The van der Waals surface area contributed by atoms with E-state index in [-0.39, 0.29) is 0 Å². The van der Waals surface area contributed by atoms with Crippen molar-refractivity contribution in [3.63, 3.8) is 0 Å². The first-order chi connectivity index (χ1) is 6.58. The molecule has 1 heterocycles. The zero-order valence-electron chi connectivity index (χ0n) is 9.07. The Morgan fingerprint density at radius 1 is 1.43 bits per heavy atom. The molecule has 4 heteroatoms. The van der Waals surface area contributed by atoms with Gasteiger partial charge in [-0.25, -0.2) is 0 Å². The molecule has 0 aromatic carbocycles. The highest BCUT2D eigenvalue weighted by molar-refractivity contribution is 7.79. The van der Waals surface area contributed by atoms with Crippen molar-refractivity contribution in [2.24, 2.45) is 11.8 Å². The molecule has 0 N–H and O–H groups in total. The summed E-state index contributed by atoms with van der Waals surface area (Å²) in [5.74, 6) is 1.46. The SMILES string of the molecule is CC(C)CN1CCC(CS(=O)[O-])CC1. The lowest BCUT2D eigenvalue weighted by molar-refractivity contribution is 0.175. The van der Waals surface area contributed by atoms with Gasteiger partial charge in [-0.2, -0.15) is 0 Å². The molecule has 3 nitrogen and oxygen atoms in total. The van der Waals surface area contributed by atoms with E-state index in [2.05, 4.69) is 18.7 Å². The minimum absolute atomic E-state index is 0.357. The van der Waals surface area contributed by atoms with Gasteiger partial charge in [0.1, 0.15) is 0 Å². The number of nitrogens with zero attached hydrogens (tertiary/aromatic N) is 1. The van der Waals surface area contributed by atoms with Crippen LogP contribution in [-0.4, -0.2) is 39.0 Å². The van der Waals surface area contributed by atoms with Gasteiger partial charge in [0, 0.05) is 12.3 Å². The maximum atomic E-state index is 10.5. The molecule has 1 atom stereocenters. The molecule has 0 radical (unpaired) electrons. The number of hydrogen-bond acceptors (Lipinski definition) is 3. The molecule has 1 rings (SSSR count). The van der Waals surface area contributed by atoms with Gasteiger partial charge in [0.15, 0.2) is 0 Å². The first kappa shape index (κ1) is 12.1. The van der Waals surface area contributed by atoms with Crippen LogP contribution in [0.5, 0.6) is 0 Å². The van der Waals surface area contributed by atoms with Crippen LogP contribution in [0, 0.1) is 11.8 Å². The van der Waals surface area contributed by atoms with E-state index in [1.165, 1.54) is 0 Å². The zero-order valence-corrected chi connectivity index (χ0v) is 9.89. The van der Waals surface area contributed by atoms with Crippen LogP contribution in [0.25, 0.3) is 0 Å². The second-order valence-corrected chi connectivity index (χ2v) is 5.55. The second kappa shape index (κ2) is 5.83. The molecule has 1 fully saturated rings. The van der Waals surface area contributed by atoms with Gasteiger partial charge in [-0.15, -0.1) is 0 Å². The molecule has 0 bridgehead atoms. The van der Waals surface area contributed by atoms with Crippen molar-refractivity contribution in [3.05, 3.63) is 0 Å². The molecule has 0 aliphatic carbocycles. The summed E-state index contributed by atoms with van der Waals surface area (Å²) in [7, 11) is 0. The third-order valence-electron chi connectivity index (χ3n) is 2.70. The highest BCUT2D eigenvalue weighted by atomic mass is 32.2. The number of hydrogen-bond donors (Lipinski definition) is 0. The van der Waals surface area contributed by atoms with Gasteiger partial charge in [-0.05, 0) is 37.8 Å². The van der Waals surface area contributed by atoms with Crippen molar-refractivity contribution in [2.75, 3.05) is 25.4 Å². The predicted octanol–water partition coefficient (Wildman–Crippen LogP) is 1.23. The van der Waals surface area contributed by atoms with Crippen molar-refractivity contribution in [1.82, 2.24) is 4.90 Å². The minimum Gasteiger partial charge on any atom is -0.772 e. The molecule has 1 aliphatic rings. The second-order valence-electron chi connectivity index (χ2n) is 4.61. The summed E-state index contributed by atoms with van der Waals surface area (Å²) in [6, 6.07) is 0. The molecular formula is C10H20NO2S-. The fourth-order valence-electron chi connectivity index (χ4n) is 2.04. The first-order valence-corrected chi connectivity index (χ1v) is 6.60. The lowest BCUT2D eigenvalue weighted by Gasteiger charge is -2.33. The van der Waals surface area contributed by atoms with Crippen LogP contribution in [0.2, 0.25) is 0 Å². The van der Waals surface area contributed by atoms with E-state index in [1.807, 2.05) is 0 Å². The Labute approximate surface area is 89.2 Å². The summed E-state index contributed by atoms with van der Waals surface area (Å²) in [4.78, 5) is 2.44. The van der Waals surface area contributed by atoms with E-state index in [0.717, 1.165) is 32.5 Å². The Bertz CT molecular complexity index is 189. The molecule has 1 unspecified atom stereocenters. The van der Waals surface area contributed by atoms with Crippen LogP contribution < -0.4 is 0 Å². The van der Waals surface area contributed by atoms with E-state index in [1.54, 1.807) is 0 Å². The van der Waals surface area contributed by atoms with Crippen LogP contribution in [0.1, 0.15) is 26.7 Å². The Morgan fingerprint density at radius 3 is 2.43 bits per heavy atom. The Balaban J connectivity index is 2.21. The standard InChI is InChI=1S/C10H21NO2S/c1-9(2)7-11-5-3-10(4-6-11)8-14(12)13/h9-10H,3-8H2,1-2H3,(H,12,13)/p-1. The highest BCUT2D eigenvalue weighted by Gasteiger charge is 2.19. The summed E-state index contributed by atoms with van der Waals surface area (Å²) in [5.41, 5.74) is 0. The van der Waals surface area contributed by atoms with Gasteiger partial charge in [-0.1, -0.05) is 24.9 Å². The van der Waals surface area contributed by atoms with Gasteiger partial charge >= 0.3 is 0 Å². The molecule has 14 heavy (non-hydrogen) atoms. The number of rotatable bonds is 4. The fourth-order valence-corrected chi connectivity index (χ4v) is 2.76. The average Bonchev–Trinajstić information content (AvgIpc) is 2.06. The number of piperidine rings is 1. The van der Waals surface area contributed by atoms with E-state index >= 15 is 0 Å². The maximum Gasteiger partial charge on any atom is 0.0131 e. The molecule has 0 aromatic heterocycles. The van der Waals surface area contributed by atoms with Crippen LogP contribution >= 0.6 is 0 Å². The fraction of sp³-hybridized carbons (Fsp3) is 1.00. The largest absolute Gasteiger partial charge is 0.772 e. The van der Waals surface area contributed by atoms with Crippen molar-refractivity contribution in [2.45, 2.75) is 26.7 Å². The van der Waals surface area contributed by atoms with Gasteiger partial charge in [0.2, 0.25) is 0 Å². The van der Waals surface area contributed by atoms with Gasteiger partial charge in [0.25, 0.3) is 0 Å². The van der Waals surface area contributed by atoms with Gasteiger partial charge in [0.05, 0.1) is 0 Å². The van der Waals surface area contributed by atoms with E-state index < -0.39 is 11.1 Å². The van der Waals surface area contributed by atoms with Crippen molar-refractivity contribution >= 4 is 11.1 Å². The normalized spacial score (nSPS) is 22.9. The molecular weight excluding hydrogens is 198 g/mol. The molecule has 1 aliphatic heterocycles. The summed E-state index contributed by atoms with van der Waals surface area (Å²) >= 11 is -1.85. The Hall–Kier alpha value is 0.0700. The van der Waals surface area contributed by atoms with Crippen molar-refractivity contribution < 1.29 is 8.76 Å². The van der Waals surface area contributed by atoms with Gasteiger partial charge < -0.3 is 9.45 Å². The van der Waals surface area contributed by atoms with E-state index in [0.29, 0.717) is 17.6 Å². The molecule has 84 valence electrons. The average molecular weight is 218 g/mol. The molecule has 0 spiro atoms. The predicted molar refractivity (Wildman–Crippen MR) is 57.8 cm³/mol. The molecule has 0 amide bonds. The van der Waals surface area contributed by atoms with Gasteiger partial charge in [-0.3, -0.25) is 4.21 Å². The van der Waals surface area contributed by atoms with Crippen LogP contribution in [0.4, 0.5) is 0 Å². The van der Waals surface area contributed by atoms with Crippen LogP contribution in [0.15, 0.2) is 0 Å². The van der Waals surface area contributed by atoms with Crippen molar-refractivity contribution in [1.29, 1.82) is 0 Å². The quantitative estimate of drug-likeness (QED) is 0.667. The summed E-state index contributed by atoms with van der Waals surface area (Å²) in [5, 5.41) is 0. The molecule has 0 aromatic rings. The zero-order chi connectivity index (χ0) is 10.6. The highest BCUT2D eigenvalue weighted by Crippen LogP contribution is 2.18. The van der Waals surface area contributed by atoms with Crippen molar-refractivity contribution in [3.8, 4) is 0 Å². The minimum atomic E-state index is -1.85. The monoisotopic (exact) mass is 218 g/mol. The topological polar surface area (TPSA) is 43.4 Å². The Morgan fingerprint density at radius 2 is 2.00 bits per heavy atom.